The van der Waals surface area contributed by atoms with Crippen molar-refractivity contribution in [2.75, 3.05) is 0 Å². The standard InChI is InChI=1S/C16H25NO/c1-11(13-6-5-9-18-13)17-14-15(2,3)12-7-8-16(14,4)10-12/h5-6,9,11-12,14,17H,7-8,10H2,1-4H3/t11-,12-,14?,16+/m0/s1. The molecule has 0 amide bonds. The van der Waals surface area contributed by atoms with Gasteiger partial charge in [0.2, 0.25) is 0 Å². The highest BCUT2D eigenvalue weighted by Gasteiger charge is 2.59. The fourth-order valence-corrected chi connectivity index (χ4v) is 4.59. The van der Waals surface area contributed by atoms with Crippen molar-refractivity contribution in [3.8, 4) is 0 Å². The number of nitrogens with one attached hydrogen (secondary N) is 1. The molecule has 100 valence electrons. The highest BCUT2D eigenvalue weighted by atomic mass is 16.3. The van der Waals surface area contributed by atoms with Gasteiger partial charge in [0.15, 0.2) is 0 Å². The average molecular weight is 247 g/mol. The molecule has 0 saturated heterocycles. The Morgan fingerprint density at radius 1 is 1.39 bits per heavy atom. The monoisotopic (exact) mass is 247 g/mol. The van der Waals surface area contributed by atoms with E-state index in [-0.39, 0.29) is 0 Å². The number of hydrogen-bond acceptors (Lipinski definition) is 2. The third-order valence-corrected chi connectivity index (χ3v) is 5.66. The minimum atomic E-state index is 0.306. The molecule has 0 radical (unpaired) electrons. The molecule has 1 aromatic rings. The Labute approximate surface area is 110 Å². The van der Waals surface area contributed by atoms with Gasteiger partial charge in [-0.05, 0) is 55.1 Å². The molecule has 2 fully saturated rings. The van der Waals surface area contributed by atoms with Gasteiger partial charge in [-0.3, -0.25) is 0 Å². The molecule has 0 aliphatic heterocycles. The zero-order chi connectivity index (χ0) is 13.0. The van der Waals surface area contributed by atoms with Crippen LogP contribution in [0, 0.1) is 16.7 Å². The summed E-state index contributed by atoms with van der Waals surface area (Å²) in [5.41, 5.74) is 0.892. The molecule has 18 heavy (non-hydrogen) atoms. The predicted molar refractivity (Wildman–Crippen MR) is 73.3 cm³/mol. The maximum absolute atomic E-state index is 5.52. The Balaban J connectivity index is 1.80. The summed E-state index contributed by atoms with van der Waals surface area (Å²) in [7, 11) is 0. The lowest BCUT2D eigenvalue weighted by molar-refractivity contribution is 0.0975. The molecule has 1 N–H and O–H groups in total. The first kappa shape index (κ1) is 12.3. The topological polar surface area (TPSA) is 25.2 Å². The van der Waals surface area contributed by atoms with Gasteiger partial charge in [-0.25, -0.2) is 0 Å². The largest absolute Gasteiger partial charge is 0.468 e. The summed E-state index contributed by atoms with van der Waals surface area (Å²) in [4.78, 5) is 0. The smallest absolute Gasteiger partial charge is 0.120 e. The van der Waals surface area contributed by atoms with Gasteiger partial charge in [0, 0.05) is 6.04 Å². The van der Waals surface area contributed by atoms with Gasteiger partial charge in [0.1, 0.15) is 5.76 Å². The second kappa shape index (κ2) is 3.86. The van der Waals surface area contributed by atoms with Crippen molar-refractivity contribution >= 4 is 0 Å². The Kier molecular flexibility index (Phi) is 2.64. The molecule has 1 heterocycles. The van der Waals surface area contributed by atoms with Gasteiger partial charge < -0.3 is 9.73 Å². The second-order valence-corrected chi connectivity index (χ2v) is 7.25. The summed E-state index contributed by atoms with van der Waals surface area (Å²) in [5.74, 6) is 1.95. The first-order valence-corrected chi connectivity index (χ1v) is 7.23. The molecule has 1 unspecified atom stereocenters. The lowest BCUT2D eigenvalue weighted by atomic mass is 9.68. The van der Waals surface area contributed by atoms with Crippen LogP contribution in [0.5, 0.6) is 0 Å². The lowest BCUT2D eigenvalue weighted by Crippen LogP contribution is -2.50. The molecule has 2 heteroatoms. The predicted octanol–water partition coefficient (Wildman–Crippen LogP) is 4.15. The minimum Gasteiger partial charge on any atom is -0.468 e. The Hall–Kier alpha value is -0.760. The maximum atomic E-state index is 5.52. The number of hydrogen-bond donors (Lipinski definition) is 1. The van der Waals surface area contributed by atoms with Gasteiger partial charge in [0.05, 0.1) is 12.3 Å². The number of furan rings is 1. The van der Waals surface area contributed by atoms with Crippen LogP contribution in [0.2, 0.25) is 0 Å². The Morgan fingerprint density at radius 2 is 2.17 bits per heavy atom. The molecule has 2 aliphatic carbocycles. The highest BCUT2D eigenvalue weighted by molar-refractivity contribution is 5.14. The van der Waals surface area contributed by atoms with E-state index in [4.69, 9.17) is 4.42 Å². The van der Waals surface area contributed by atoms with Crippen molar-refractivity contribution in [3.63, 3.8) is 0 Å². The fourth-order valence-electron chi connectivity index (χ4n) is 4.59. The average Bonchev–Trinajstić information content (AvgIpc) is 2.96. The molecular weight excluding hydrogens is 222 g/mol. The van der Waals surface area contributed by atoms with Crippen LogP contribution >= 0.6 is 0 Å². The summed E-state index contributed by atoms with van der Waals surface area (Å²) in [6.45, 7) is 9.56. The van der Waals surface area contributed by atoms with E-state index in [1.165, 1.54) is 19.3 Å². The van der Waals surface area contributed by atoms with Crippen LogP contribution in [-0.4, -0.2) is 6.04 Å². The maximum Gasteiger partial charge on any atom is 0.120 e. The molecule has 1 aromatic heterocycles. The second-order valence-electron chi connectivity index (χ2n) is 7.25. The molecule has 0 spiro atoms. The molecule has 2 nitrogen and oxygen atoms in total. The van der Waals surface area contributed by atoms with Crippen LogP contribution in [0.25, 0.3) is 0 Å². The summed E-state index contributed by atoms with van der Waals surface area (Å²) in [6, 6.07) is 4.95. The fraction of sp³-hybridized carbons (Fsp3) is 0.750. The summed E-state index contributed by atoms with van der Waals surface area (Å²) in [6.07, 6.45) is 5.95. The van der Waals surface area contributed by atoms with E-state index in [1.54, 1.807) is 6.26 Å². The lowest BCUT2D eigenvalue weighted by Gasteiger charge is -2.44. The van der Waals surface area contributed by atoms with Crippen LogP contribution in [0.15, 0.2) is 22.8 Å². The first-order chi connectivity index (χ1) is 8.43. The molecule has 2 bridgehead atoms. The van der Waals surface area contributed by atoms with E-state index < -0.39 is 0 Å². The van der Waals surface area contributed by atoms with Crippen molar-refractivity contribution in [3.05, 3.63) is 24.2 Å². The summed E-state index contributed by atoms with van der Waals surface area (Å²) in [5, 5.41) is 3.85. The van der Waals surface area contributed by atoms with Crippen LogP contribution in [-0.2, 0) is 0 Å². The van der Waals surface area contributed by atoms with Crippen LogP contribution in [0.4, 0.5) is 0 Å². The van der Waals surface area contributed by atoms with Crippen LogP contribution in [0.1, 0.15) is 58.8 Å². The zero-order valence-corrected chi connectivity index (χ0v) is 12.0. The van der Waals surface area contributed by atoms with Crippen molar-refractivity contribution in [2.24, 2.45) is 16.7 Å². The Bertz CT molecular complexity index is 418. The van der Waals surface area contributed by atoms with E-state index in [1.807, 2.05) is 6.07 Å². The third kappa shape index (κ3) is 1.65. The molecule has 2 saturated carbocycles. The molecular formula is C16H25NO. The number of rotatable bonds is 3. The van der Waals surface area contributed by atoms with Crippen molar-refractivity contribution < 1.29 is 4.42 Å². The van der Waals surface area contributed by atoms with Gasteiger partial charge in [-0.15, -0.1) is 0 Å². The van der Waals surface area contributed by atoms with E-state index in [0.717, 1.165) is 11.7 Å². The van der Waals surface area contributed by atoms with Crippen molar-refractivity contribution in [2.45, 2.75) is 59.0 Å². The van der Waals surface area contributed by atoms with Gasteiger partial charge in [-0.2, -0.15) is 0 Å². The normalized spacial score (nSPS) is 39.1. The number of fused-ring (bicyclic) bond motifs is 2. The SMILES string of the molecule is C[C@H](NC1C(C)(C)[C@H]2CC[C@]1(C)C2)c1ccco1. The van der Waals surface area contributed by atoms with Gasteiger partial charge in [0.25, 0.3) is 0 Å². The molecule has 3 rings (SSSR count). The first-order valence-electron chi connectivity index (χ1n) is 7.23. The van der Waals surface area contributed by atoms with Gasteiger partial charge >= 0.3 is 0 Å². The summed E-state index contributed by atoms with van der Waals surface area (Å²) < 4.78 is 5.52. The van der Waals surface area contributed by atoms with Gasteiger partial charge in [-0.1, -0.05) is 20.8 Å². The van der Waals surface area contributed by atoms with Crippen molar-refractivity contribution in [1.29, 1.82) is 0 Å². The third-order valence-electron chi connectivity index (χ3n) is 5.66. The highest BCUT2D eigenvalue weighted by Crippen LogP contribution is 2.62. The quantitative estimate of drug-likeness (QED) is 0.868. The minimum absolute atomic E-state index is 0.306. The van der Waals surface area contributed by atoms with E-state index >= 15 is 0 Å². The van der Waals surface area contributed by atoms with E-state index in [2.05, 4.69) is 39.1 Å². The summed E-state index contributed by atoms with van der Waals surface area (Å²) >= 11 is 0. The van der Waals surface area contributed by atoms with Crippen LogP contribution in [0.3, 0.4) is 0 Å². The molecule has 0 aromatic carbocycles. The molecule has 2 aliphatic rings. The zero-order valence-electron chi connectivity index (χ0n) is 12.0. The van der Waals surface area contributed by atoms with E-state index in [9.17, 15) is 0 Å². The van der Waals surface area contributed by atoms with Crippen LogP contribution < -0.4 is 5.32 Å². The van der Waals surface area contributed by atoms with Crippen molar-refractivity contribution in [1.82, 2.24) is 5.32 Å². The van der Waals surface area contributed by atoms with E-state index in [0.29, 0.717) is 22.9 Å². The molecule has 4 atom stereocenters. The Morgan fingerprint density at radius 3 is 2.72 bits per heavy atom.